The fraction of sp³-hybridized carbons (Fsp3) is 0.600. The van der Waals surface area contributed by atoms with Crippen LogP contribution in [0.2, 0.25) is 0 Å². The van der Waals surface area contributed by atoms with E-state index < -0.39 is 11.9 Å². The Morgan fingerprint density at radius 2 is 1.14 bits per heavy atom. The van der Waals surface area contributed by atoms with E-state index in [9.17, 15) is 9.59 Å². The molecule has 4 N–H and O–H groups in total. The summed E-state index contributed by atoms with van der Waals surface area (Å²) in [7, 11) is 0. The number of aliphatic hydroxyl groups is 2. The van der Waals surface area contributed by atoms with E-state index in [1.807, 2.05) is 0 Å². The van der Waals surface area contributed by atoms with Gasteiger partial charge in [-0.15, -0.1) is 0 Å². The average Bonchev–Trinajstić information content (AvgIpc) is 2.89. The number of aliphatic hydroxyl groups excluding tert-OH is 2. The van der Waals surface area contributed by atoms with Gasteiger partial charge in [0, 0.05) is 16.6 Å². The van der Waals surface area contributed by atoms with Crippen LogP contribution in [0.15, 0.2) is 24.3 Å². The molecule has 1 saturated carbocycles. The van der Waals surface area contributed by atoms with Gasteiger partial charge in [0.2, 0.25) is 0 Å². The van der Waals surface area contributed by atoms with Crippen molar-refractivity contribution in [3.05, 3.63) is 24.3 Å². The maximum atomic E-state index is 9.60. The zero-order valence-corrected chi connectivity index (χ0v) is 12.8. The number of carbonyl (C=O) groups is 2. The SMILES string of the molecule is C=C(C)C(=O)O.C=C(C)C(=O)O.OCC1(CO)CCCC1. The van der Waals surface area contributed by atoms with Crippen molar-refractivity contribution in [1.29, 1.82) is 0 Å². The molecule has 0 aromatic rings. The molecule has 0 amide bonds. The molecule has 1 aliphatic carbocycles. The molecular weight excluding hydrogens is 276 g/mol. The lowest BCUT2D eigenvalue weighted by Crippen LogP contribution is -2.25. The highest BCUT2D eigenvalue weighted by Gasteiger charge is 2.31. The van der Waals surface area contributed by atoms with Crippen molar-refractivity contribution in [1.82, 2.24) is 0 Å². The molecule has 0 spiro atoms. The topological polar surface area (TPSA) is 115 Å². The number of carboxylic acid groups (broad SMARTS) is 2. The molecular formula is C15H26O6. The van der Waals surface area contributed by atoms with E-state index >= 15 is 0 Å². The van der Waals surface area contributed by atoms with Gasteiger partial charge >= 0.3 is 11.9 Å². The fourth-order valence-corrected chi connectivity index (χ4v) is 1.49. The number of hydrogen-bond acceptors (Lipinski definition) is 4. The second-order valence-corrected chi connectivity index (χ2v) is 5.19. The Morgan fingerprint density at radius 3 is 1.24 bits per heavy atom. The molecule has 1 fully saturated rings. The van der Waals surface area contributed by atoms with Crippen molar-refractivity contribution in [2.75, 3.05) is 13.2 Å². The molecule has 0 aromatic heterocycles. The van der Waals surface area contributed by atoms with Crippen molar-refractivity contribution < 1.29 is 30.0 Å². The van der Waals surface area contributed by atoms with Gasteiger partial charge in [0.15, 0.2) is 0 Å². The van der Waals surface area contributed by atoms with Crippen LogP contribution < -0.4 is 0 Å². The van der Waals surface area contributed by atoms with Gasteiger partial charge in [-0.05, 0) is 26.7 Å². The summed E-state index contributed by atoms with van der Waals surface area (Å²) in [6, 6.07) is 0. The Balaban J connectivity index is 0. The van der Waals surface area contributed by atoms with Crippen LogP contribution in [0.25, 0.3) is 0 Å². The van der Waals surface area contributed by atoms with Crippen molar-refractivity contribution in [2.24, 2.45) is 5.41 Å². The Hall–Kier alpha value is -1.66. The summed E-state index contributed by atoms with van der Waals surface area (Å²) in [5.74, 6) is -1.87. The van der Waals surface area contributed by atoms with E-state index in [0.717, 1.165) is 12.8 Å². The molecule has 0 atom stereocenters. The van der Waals surface area contributed by atoms with Crippen molar-refractivity contribution in [3.8, 4) is 0 Å². The van der Waals surface area contributed by atoms with E-state index in [2.05, 4.69) is 13.2 Å². The van der Waals surface area contributed by atoms with Crippen LogP contribution in [0.5, 0.6) is 0 Å². The summed E-state index contributed by atoms with van der Waals surface area (Å²) in [4.78, 5) is 19.2. The van der Waals surface area contributed by atoms with Gasteiger partial charge in [-0.2, -0.15) is 0 Å². The number of hydrogen-bond donors (Lipinski definition) is 4. The molecule has 0 unspecified atom stereocenters. The highest BCUT2D eigenvalue weighted by Crippen LogP contribution is 2.36. The molecule has 0 aliphatic heterocycles. The van der Waals surface area contributed by atoms with Gasteiger partial charge in [0.05, 0.1) is 13.2 Å². The smallest absolute Gasteiger partial charge is 0.330 e. The van der Waals surface area contributed by atoms with Gasteiger partial charge in [0.25, 0.3) is 0 Å². The third-order valence-corrected chi connectivity index (χ3v) is 3.07. The first kappa shape index (κ1) is 21.6. The predicted octanol–water partition coefficient (Wildman–Crippen LogP) is 1.83. The zero-order chi connectivity index (χ0) is 17.1. The highest BCUT2D eigenvalue weighted by atomic mass is 16.4. The lowest BCUT2D eigenvalue weighted by atomic mass is 9.89. The maximum absolute atomic E-state index is 9.60. The second kappa shape index (κ2) is 11.0. The average molecular weight is 302 g/mol. The van der Waals surface area contributed by atoms with E-state index in [0.29, 0.717) is 0 Å². The lowest BCUT2D eigenvalue weighted by Gasteiger charge is -2.22. The van der Waals surface area contributed by atoms with Gasteiger partial charge in [-0.25, -0.2) is 9.59 Å². The molecule has 0 bridgehead atoms. The number of carboxylic acids is 2. The molecule has 1 aliphatic rings. The van der Waals surface area contributed by atoms with Crippen molar-refractivity contribution in [3.63, 3.8) is 0 Å². The first-order chi connectivity index (χ1) is 9.61. The Kier molecular flexibility index (Phi) is 11.4. The fourth-order valence-electron chi connectivity index (χ4n) is 1.49. The Labute approximate surface area is 125 Å². The van der Waals surface area contributed by atoms with Crippen LogP contribution in [0.4, 0.5) is 0 Å². The van der Waals surface area contributed by atoms with Crippen LogP contribution in [0, 0.1) is 5.41 Å². The summed E-state index contributed by atoms with van der Waals surface area (Å²) in [6.45, 7) is 9.52. The lowest BCUT2D eigenvalue weighted by molar-refractivity contribution is -0.133. The second-order valence-electron chi connectivity index (χ2n) is 5.19. The first-order valence-corrected chi connectivity index (χ1v) is 6.61. The zero-order valence-electron chi connectivity index (χ0n) is 12.8. The molecule has 0 saturated heterocycles. The van der Waals surface area contributed by atoms with Crippen LogP contribution in [-0.4, -0.2) is 45.6 Å². The maximum Gasteiger partial charge on any atom is 0.330 e. The Bertz CT molecular complexity index is 312. The first-order valence-electron chi connectivity index (χ1n) is 6.61. The van der Waals surface area contributed by atoms with Gasteiger partial charge < -0.3 is 20.4 Å². The molecule has 0 radical (unpaired) electrons. The minimum Gasteiger partial charge on any atom is -0.478 e. The van der Waals surface area contributed by atoms with Gasteiger partial charge in [-0.3, -0.25) is 0 Å². The normalized spacial score (nSPS) is 14.9. The summed E-state index contributed by atoms with van der Waals surface area (Å²) < 4.78 is 0. The largest absolute Gasteiger partial charge is 0.478 e. The summed E-state index contributed by atoms with van der Waals surface area (Å²) in [5.41, 5.74) is 0.241. The Morgan fingerprint density at radius 1 is 0.905 bits per heavy atom. The van der Waals surface area contributed by atoms with Crippen molar-refractivity contribution in [2.45, 2.75) is 39.5 Å². The summed E-state index contributed by atoms with van der Waals surface area (Å²) in [6.07, 6.45) is 4.34. The molecule has 6 heteroatoms. The third-order valence-electron chi connectivity index (χ3n) is 3.07. The van der Waals surface area contributed by atoms with Crippen LogP contribution in [0.3, 0.4) is 0 Å². The van der Waals surface area contributed by atoms with Gasteiger partial charge in [0.1, 0.15) is 0 Å². The molecule has 21 heavy (non-hydrogen) atoms. The summed E-state index contributed by atoms with van der Waals surface area (Å²) >= 11 is 0. The molecule has 0 heterocycles. The quantitative estimate of drug-likeness (QED) is 0.589. The molecule has 6 nitrogen and oxygen atoms in total. The number of aliphatic carboxylic acids is 2. The van der Waals surface area contributed by atoms with Crippen LogP contribution in [-0.2, 0) is 9.59 Å². The van der Waals surface area contributed by atoms with E-state index in [4.69, 9.17) is 20.4 Å². The number of rotatable bonds is 4. The van der Waals surface area contributed by atoms with Gasteiger partial charge in [-0.1, -0.05) is 26.0 Å². The standard InChI is InChI=1S/C7H14O2.2C4H6O2/c8-5-7(6-9)3-1-2-4-7;2*1-3(2)4(5)6/h8-9H,1-6H2;2*1H2,2H3,(H,5,6). The highest BCUT2D eigenvalue weighted by molar-refractivity contribution is 5.85. The summed E-state index contributed by atoms with van der Waals surface area (Å²) in [5, 5.41) is 33.5. The van der Waals surface area contributed by atoms with Crippen LogP contribution in [0.1, 0.15) is 39.5 Å². The van der Waals surface area contributed by atoms with E-state index in [1.165, 1.54) is 26.7 Å². The van der Waals surface area contributed by atoms with E-state index in [1.54, 1.807) is 0 Å². The van der Waals surface area contributed by atoms with E-state index in [-0.39, 0.29) is 29.8 Å². The predicted molar refractivity (Wildman–Crippen MR) is 80.0 cm³/mol. The monoisotopic (exact) mass is 302 g/mol. The molecule has 0 aromatic carbocycles. The minimum atomic E-state index is -0.935. The molecule has 122 valence electrons. The third kappa shape index (κ3) is 10.8. The molecule has 1 rings (SSSR count). The minimum absolute atomic E-state index is 0.111. The van der Waals surface area contributed by atoms with Crippen LogP contribution >= 0.6 is 0 Å². The van der Waals surface area contributed by atoms with Crippen molar-refractivity contribution >= 4 is 11.9 Å².